The monoisotopic (exact) mass is 327 g/mol. The molecule has 0 atom stereocenters. The number of anilines is 3. The van der Waals surface area contributed by atoms with Crippen LogP contribution in [0.5, 0.6) is 0 Å². The van der Waals surface area contributed by atoms with E-state index in [0.717, 1.165) is 16.1 Å². The number of hydrogen-bond donors (Lipinski definition) is 2. The fraction of sp³-hybridized carbons (Fsp3) is 0.154. The third-order valence-electron chi connectivity index (χ3n) is 2.62. The predicted octanol–water partition coefficient (Wildman–Crippen LogP) is 4.22. The van der Waals surface area contributed by atoms with Crippen molar-refractivity contribution in [3.63, 3.8) is 0 Å². The molecule has 0 saturated carbocycles. The van der Waals surface area contributed by atoms with Crippen molar-refractivity contribution in [1.29, 1.82) is 0 Å². The van der Waals surface area contributed by atoms with Gasteiger partial charge in [0, 0.05) is 23.3 Å². The average molecular weight is 328 g/mol. The van der Waals surface area contributed by atoms with Crippen molar-refractivity contribution in [3.8, 4) is 0 Å². The number of pyridine rings is 1. The Morgan fingerprint density at radius 1 is 1.11 bits per heavy atom. The third kappa shape index (κ3) is 3.01. The minimum absolute atomic E-state index is 0.00319. The Kier molecular flexibility index (Phi) is 3.99. The Morgan fingerprint density at radius 2 is 1.79 bits per heavy atom. The van der Waals surface area contributed by atoms with E-state index in [1.165, 1.54) is 7.05 Å². The molecule has 19 heavy (non-hydrogen) atoms. The molecule has 100 valence electrons. The first-order chi connectivity index (χ1) is 9.01. The van der Waals surface area contributed by atoms with Gasteiger partial charge in [-0.15, -0.1) is 0 Å². The second-order valence-corrected chi connectivity index (χ2v) is 4.90. The van der Waals surface area contributed by atoms with Crippen molar-refractivity contribution >= 4 is 33.3 Å². The molecule has 2 aromatic rings. The maximum atomic E-state index is 13.7. The Bertz CT molecular complexity index is 617. The highest BCUT2D eigenvalue weighted by Gasteiger charge is 2.12. The maximum Gasteiger partial charge on any atom is 0.169 e. The van der Waals surface area contributed by atoms with Crippen LogP contribution in [0, 0.1) is 18.6 Å². The van der Waals surface area contributed by atoms with Crippen LogP contribution in [0.25, 0.3) is 0 Å². The highest BCUT2D eigenvalue weighted by Crippen LogP contribution is 2.26. The molecule has 0 amide bonds. The fourth-order valence-electron chi connectivity index (χ4n) is 1.59. The zero-order valence-corrected chi connectivity index (χ0v) is 12.0. The van der Waals surface area contributed by atoms with Gasteiger partial charge in [0.15, 0.2) is 23.3 Å². The van der Waals surface area contributed by atoms with Crippen LogP contribution in [0.15, 0.2) is 28.7 Å². The van der Waals surface area contributed by atoms with E-state index in [2.05, 4.69) is 31.5 Å². The van der Waals surface area contributed by atoms with E-state index < -0.39 is 11.6 Å². The van der Waals surface area contributed by atoms with Crippen molar-refractivity contribution in [2.24, 2.45) is 0 Å². The molecule has 6 heteroatoms. The smallest absolute Gasteiger partial charge is 0.169 e. The molecule has 2 rings (SSSR count). The molecule has 0 fully saturated rings. The van der Waals surface area contributed by atoms with Gasteiger partial charge in [0.2, 0.25) is 0 Å². The molecule has 3 nitrogen and oxygen atoms in total. The van der Waals surface area contributed by atoms with Crippen LogP contribution in [0.2, 0.25) is 0 Å². The average Bonchev–Trinajstić information content (AvgIpc) is 2.37. The molecule has 0 spiro atoms. The number of aryl methyl sites for hydroxylation is 1. The minimum Gasteiger partial charge on any atom is -0.371 e. The molecule has 0 aliphatic heterocycles. The van der Waals surface area contributed by atoms with Gasteiger partial charge in [0.05, 0.1) is 0 Å². The van der Waals surface area contributed by atoms with Crippen molar-refractivity contribution in [1.82, 2.24) is 4.98 Å². The molecule has 0 unspecified atom stereocenters. The van der Waals surface area contributed by atoms with Gasteiger partial charge >= 0.3 is 0 Å². The van der Waals surface area contributed by atoms with E-state index in [1.807, 2.05) is 19.1 Å². The highest BCUT2D eigenvalue weighted by atomic mass is 79.9. The first-order valence-electron chi connectivity index (χ1n) is 5.58. The summed E-state index contributed by atoms with van der Waals surface area (Å²) in [5.41, 5.74) is 1.63. The predicted molar refractivity (Wildman–Crippen MR) is 75.9 cm³/mol. The first kappa shape index (κ1) is 13.7. The molecule has 0 radical (unpaired) electrons. The number of aromatic nitrogens is 1. The summed E-state index contributed by atoms with van der Waals surface area (Å²) < 4.78 is 27.9. The third-order valence-corrected chi connectivity index (χ3v) is 3.11. The quantitative estimate of drug-likeness (QED) is 0.886. The summed E-state index contributed by atoms with van der Waals surface area (Å²) in [7, 11) is 1.53. The van der Waals surface area contributed by atoms with Gasteiger partial charge in [0.25, 0.3) is 0 Å². The van der Waals surface area contributed by atoms with E-state index in [0.29, 0.717) is 5.69 Å². The van der Waals surface area contributed by atoms with Crippen molar-refractivity contribution in [3.05, 3.63) is 45.9 Å². The van der Waals surface area contributed by atoms with Gasteiger partial charge in [-0.3, -0.25) is 0 Å². The molecule has 0 aliphatic carbocycles. The highest BCUT2D eigenvalue weighted by molar-refractivity contribution is 9.10. The Hall–Kier alpha value is -1.69. The van der Waals surface area contributed by atoms with Crippen LogP contribution in [0.1, 0.15) is 5.56 Å². The van der Waals surface area contributed by atoms with Crippen LogP contribution < -0.4 is 10.6 Å². The molecule has 0 saturated heterocycles. The molecular weight excluding hydrogens is 316 g/mol. The van der Waals surface area contributed by atoms with Crippen LogP contribution in [0.4, 0.5) is 26.1 Å². The molecule has 1 heterocycles. The maximum absolute atomic E-state index is 13.7. The normalized spacial score (nSPS) is 10.4. The van der Waals surface area contributed by atoms with Crippen LogP contribution in [0.3, 0.4) is 0 Å². The van der Waals surface area contributed by atoms with Gasteiger partial charge in [0.1, 0.15) is 0 Å². The lowest BCUT2D eigenvalue weighted by molar-refractivity contribution is 0.580. The lowest BCUT2D eigenvalue weighted by Gasteiger charge is -2.11. The number of halogens is 3. The second-order valence-electron chi connectivity index (χ2n) is 3.98. The fourth-order valence-corrected chi connectivity index (χ4v) is 1.95. The number of benzene rings is 1. The summed E-state index contributed by atoms with van der Waals surface area (Å²) in [4.78, 5) is 3.87. The lowest BCUT2D eigenvalue weighted by atomic mass is 10.2. The summed E-state index contributed by atoms with van der Waals surface area (Å²) in [6.45, 7) is 1.88. The Morgan fingerprint density at radius 3 is 2.47 bits per heavy atom. The summed E-state index contributed by atoms with van der Waals surface area (Å²) in [6, 6.07) is 6.37. The SMILES string of the molecule is CNc1nc(Nc2cc(Br)ccc2C)c(F)cc1F. The van der Waals surface area contributed by atoms with Crippen molar-refractivity contribution < 1.29 is 8.78 Å². The first-order valence-corrected chi connectivity index (χ1v) is 6.37. The van der Waals surface area contributed by atoms with Crippen molar-refractivity contribution in [2.75, 3.05) is 17.7 Å². The zero-order valence-electron chi connectivity index (χ0n) is 10.4. The van der Waals surface area contributed by atoms with Gasteiger partial charge in [-0.1, -0.05) is 22.0 Å². The van der Waals surface area contributed by atoms with E-state index >= 15 is 0 Å². The topological polar surface area (TPSA) is 37.0 Å². The van der Waals surface area contributed by atoms with Gasteiger partial charge < -0.3 is 10.6 Å². The molecule has 0 bridgehead atoms. The largest absolute Gasteiger partial charge is 0.371 e. The van der Waals surface area contributed by atoms with Crippen LogP contribution >= 0.6 is 15.9 Å². The van der Waals surface area contributed by atoms with E-state index in [4.69, 9.17) is 0 Å². The summed E-state index contributed by atoms with van der Waals surface area (Å²) in [5.74, 6) is -1.49. The number of rotatable bonds is 3. The Balaban J connectivity index is 2.40. The number of hydrogen-bond acceptors (Lipinski definition) is 3. The molecule has 2 N–H and O–H groups in total. The lowest BCUT2D eigenvalue weighted by Crippen LogP contribution is -2.04. The van der Waals surface area contributed by atoms with Gasteiger partial charge in [-0.25, -0.2) is 13.8 Å². The second kappa shape index (κ2) is 5.52. The van der Waals surface area contributed by atoms with Gasteiger partial charge in [-0.2, -0.15) is 0 Å². The molecule has 1 aromatic carbocycles. The number of nitrogens with zero attached hydrogens (tertiary/aromatic N) is 1. The van der Waals surface area contributed by atoms with Crippen LogP contribution in [-0.2, 0) is 0 Å². The summed E-state index contributed by atoms with van der Waals surface area (Å²) >= 11 is 3.34. The summed E-state index contributed by atoms with van der Waals surface area (Å²) in [6.07, 6.45) is 0. The Labute approximate surface area is 118 Å². The number of nitrogens with one attached hydrogen (secondary N) is 2. The molecule has 1 aromatic heterocycles. The van der Waals surface area contributed by atoms with E-state index in [1.54, 1.807) is 6.07 Å². The minimum atomic E-state index is -0.740. The molecular formula is C13H12BrF2N3. The van der Waals surface area contributed by atoms with E-state index in [9.17, 15) is 8.78 Å². The van der Waals surface area contributed by atoms with Gasteiger partial charge in [-0.05, 0) is 24.6 Å². The van der Waals surface area contributed by atoms with E-state index in [-0.39, 0.29) is 11.6 Å². The molecule has 0 aliphatic rings. The van der Waals surface area contributed by atoms with Crippen LogP contribution in [-0.4, -0.2) is 12.0 Å². The zero-order chi connectivity index (χ0) is 14.0. The standard InChI is InChI=1S/C13H12BrF2N3/c1-7-3-4-8(14)5-11(7)18-13-10(16)6-9(15)12(17-2)19-13/h3-6H,1-2H3,(H2,17,18,19). The summed E-state index contributed by atoms with van der Waals surface area (Å²) in [5, 5.41) is 5.43. The van der Waals surface area contributed by atoms with Crippen molar-refractivity contribution in [2.45, 2.75) is 6.92 Å².